The summed E-state index contributed by atoms with van der Waals surface area (Å²) in [7, 11) is 1.63. The highest BCUT2D eigenvalue weighted by Crippen LogP contribution is 2.22. The van der Waals surface area contributed by atoms with Gasteiger partial charge in [-0.2, -0.15) is 0 Å². The van der Waals surface area contributed by atoms with Crippen LogP contribution in [0.5, 0.6) is 5.75 Å². The Balaban J connectivity index is 1.91. The van der Waals surface area contributed by atoms with Crippen LogP contribution in [0.25, 0.3) is 0 Å². The Hall–Kier alpha value is -2.14. The van der Waals surface area contributed by atoms with Gasteiger partial charge in [-0.25, -0.2) is 0 Å². The topological polar surface area (TPSA) is 46.2 Å². The lowest BCUT2D eigenvalue weighted by molar-refractivity contribution is 0.417. The molecular weight excluding hydrogens is 258 g/mol. The van der Waals surface area contributed by atoms with Crippen molar-refractivity contribution in [3.8, 4) is 5.75 Å². The standard InChI is InChI=1S/C14H15N3OS/c1-18-13-5-3-2-4-12(13)17-14(19)16-10-11-6-8-15-9-7-11/h2-9H,10H2,1H3,(H2,16,17,19). The van der Waals surface area contributed by atoms with Crippen LogP contribution in [-0.2, 0) is 6.54 Å². The van der Waals surface area contributed by atoms with Gasteiger partial charge in [0, 0.05) is 18.9 Å². The van der Waals surface area contributed by atoms with E-state index in [-0.39, 0.29) is 0 Å². The van der Waals surface area contributed by atoms with E-state index in [2.05, 4.69) is 15.6 Å². The monoisotopic (exact) mass is 273 g/mol. The number of hydrogen-bond donors (Lipinski definition) is 2. The minimum absolute atomic E-state index is 0.557. The Morgan fingerprint density at radius 2 is 1.95 bits per heavy atom. The molecular formula is C14H15N3OS. The minimum atomic E-state index is 0.557. The van der Waals surface area contributed by atoms with Crippen LogP contribution >= 0.6 is 12.2 Å². The number of benzene rings is 1. The number of thiocarbonyl (C=S) groups is 1. The van der Waals surface area contributed by atoms with Gasteiger partial charge in [-0.15, -0.1) is 0 Å². The van der Waals surface area contributed by atoms with Gasteiger partial charge in [-0.05, 0) is 42.0 Å². The van der Waals surface area contributed by atoms with E-state index < -0.39 is 0 Å². The molecule has 0 aliphatic heterocycles. The number of methoxy groups -OCH3 is 1. The molecule has 0 amide bonds. The first-order chi connectivity index (χ1) is 9.29. The molecule has 0 fully saturated rings. The van der Waals surface area contributed by atoms with Crippen LogP contribution in [0.2, 0.25) is 0 Å². The molecule has 1 aromatic heterocycles. The average molecular weight is 273 g/mol. The number of nitrogens with zero attached hydrogens (tertiary/aromatic N) is 1. The first-order valence-electron chi connectivity index (χ1n) is 5.86. The van der Waals surface area contributed by atoms with Crippen molar-refractivity contribution in [2.75, 3.05) is 12.4 Å². The fraction of sp³-hybridized carbons (Fsp3) is 0.143. The lowest BCUT2D eigenvalue weighted by atomic mass is 10.3. The van der Waals surface area contributed by atoms with Gasteiger partial charge < -0.3 is 15.4 Å². The number of aromatic nitrogens is 1. The highest BCUT2D eigenvalue weighted by molar-refractivity contribution is 7.80. The molecule has 1 heterocycles. The summed E-state index contributed by atoms with van der Waals surface area (Å²) < 4.78 is 5.25. The molecule has 0 radical (unpaired) electrons. The molecule has 2 aromatic rings. The Kier molecular flexibility index (Phi) is 4.69. The molecule has 2 rings (SSSR count). The van der Waals surface area contributed by atoms with Gasteiger partial charge in [-0.1, -0.05) is 12.1 Å². The number of para-hydroxylation sites is 2. The van der Waals surface area contributed by atoms with Gasteiger partial charge in [0.1, 0.15) is 5.75 Å². The van der Waals surface area contributed by atoms with Gasteiger partial charge in [0.2, 0.25) is 0 Å². The molecule has 0 bridgehead atoms. The Labute approximate surface area is 117 Å². The summed E-state index contributed by atoms with van der Waals surface area (Å²) in [5, 5.41) is 6.80. The molecule has 2 N–H and O–H groups in total. The van der Waals surface area contributed by atoms with E-state index >= 15 is 0 Å². The summed E-state index contributed by atoms with van der Waals surface area (Å²) in [6, 6.07) is 11.5. The van der Waals surface area contributed by atoms with Gasteiger partial charge in [0.25, 0.3) is 0 Å². The van der Waals surface area contributed by atoms with E-state index in [0.717, 1.165) is 17.0 Å². The predicted molar refractivity (Wildman–Crippen MR) is 80.3 cm³/mol. The van der Waals surface area contributed by atoms with Crippen LogP contribution in [0, 0.1) is 0 Å². The van der Waals surface area contributed by atoms with E-state index in [0.29, 0.717) is 11.7 Å². The number of rotatable bonds is 4. The molecule has 0 atom stereocenters. The average Bonchev–Trinajstić information content (AvgIpc) is 2.47. The molecule has 0 spiro atoms. The largest absolute Gasteiger partial charge is 0.495 e. The minimum Gasteiger partial charge on any atom is -0.495 e. The van der Waals surface area contributed by atoms with Crippen molar-refractivity contribution >= 4 is 23.0 Å². The number of ether oxygens (including phenoxy) is 1. The van der Waals surface area contributed by atoms with Crippen LogP contribution < -0.4 is 15.4 Å². The van der Waals surface area contributed by atoms with Crippen molar-refractivity contribution in [3.05, 3.63) is 54.4 Å². The SMILES string of the molecule is COc1ccccc1NC(=S)NCc1ccncc1. The highest BCUT2D eigenvalue weighted by atomic mass is 32.1. The van der Waals surface area contributed by atoms with Gasteiger partial charge >= 0.3 is 0 Å². The Morgan fingerprint density at radius 3 is 2.68 bits per heavy atom. The molecule has 5 heteroatoms. The first-order valence-corrected chi connectivity index (χ1v) is 6.27. The zero-order chi connectivity index (χ0) is 13.5. The van der Waals surface area contributed by atoms with Crippen molar-refractivity contribution in [1.82, 2.24) is 10.3 Å². The van der Waals surface area contributed by atoms with E-state index in [1.807, 2.05) is 36.4 Å². The summed E-state index contributed by atoms with van der Waals surface area (Å²) in [5.74, 6) is 0.760. The third-order valence-electron chi connectivity index (χ3n) is 2.56. The summed E-state index contributed by atoms with van der Waals surface area (Å²) in [6.07, 6.45) is 3.52. The molecule has 1 aromatic carbocycles. The Bertz CT molecular complexity index is 545. The number of pyridine rings is 1. The molecule has 98 valence electrons. The fourth-order valence-electron chi connectivity index (χ4n) is 1.60. The van der Waals surface area contributed by atoms with Crippen LogP contribution in [-0.4, -0.2) is 17.2 Å². The van der Waals surface area contributed by atoms with Crippen LogP contribution in [0.15, 0.2) is 48.8 Å². The van der Waals surface area contributed by atoms with Gasteiger partial charge in [0.15, 0.2) is 5.11 Å². The van der Waals surface area contributed by atoms with Crippen LogP contribution in [0.4, 0.5) is 5.69 Å². The van der Waals surface area contributed by atoms with Crippen molar-refractivity contribution in [1.29, 1.82) is 0 Å². The lowest BCUT2D eigenvalue weighted by Gasteiger charge is -2.13. The number of hydrogen-bond acceptors (Lipinski definition) is 3. The fourth-order valence-corrected chi connectivity index (χ4v) is 1.78. The second-order valence-electron chi connectivity index (χ2n) is 3.86. The molecule has 4 nitrogen and oxygen atoms in total. The second kappa shape index (κ2) is 6.70. The maximum absolute atomic E-state index is 5.25. The summed E-state index contributed by atoms with van der Waals surface area (Å²) in [6.45, 7) is 0.656. The zero-order valence-corrected chi connectivity index (χ0v) is 11.4. The van der Waals surface area contributed by atoms with Gasteiger partial charge in [-0.3, -0.25) is 4.98 Å². The lowest BCUT2D eigenvalue weighted by Crippen LogP contribution is -2.28. The van der Waals surface area contributed by atoms with E-state index in [4.69, 9.17) is 17.0 Å². The first kappa shape index (κ1) is 13.3. The van der Waals surface area contributed by atoms with Crippen molar-refractivity contribution in [2.24, 2.45) is 0 Å². The zero-order valence-electron chi connectivity index (χ0n) is 10.6. The van der Waals surface area contributed by atoms with Crippen LogP contribution in [0.1, 0.15) is 5.56 Å². The highest BCUT2D eigenvalue weighted by Gasteiger charge is 2.03. The normalized spacial score (nSPS) is 9.74. The molecule has 0 saturated carbocycles. The third kappa shape index (κ3) is 3.93. The summed E-state index contributed by atoms with van der Waals surface area (Å²) >= 11 is 5.25. The van der Waals surface area contributed by atoms with Crippen molar-refractivity contribution < 1.29 is 4.74 Å². The number of nitrogens with one attached hydrogen (secondary N) is 2. The number of anilines is 1. The van der Waals surface area contributed by atoms with E-state index in [1.54, 1.807) is 19.5 Å². The molecule has 0 aliphatic rings. The van der Waals surface area contributed by atoms with E-state index in [1.165, 1.54) is 0 Å². The predicted octanol–water partition coefficient (Wildman–Crippen LogP) is 2.58. The van der Waals surface area contributed by atoms with Crippen LogP contribution in [0.3, 0.4) is 0 Å². The van der Waals surface area contributed by atoms with Crippen molar-refractivity contribution in [3.63, 3.8) is 0 Å². The quantitative estimate of drug-likeness (QED) is 0.838. The summed E-state index contributed by atoms with van der Waals surface area (Å²) in [5.41, 5.74) is 1.97. The van der Waals surface area contributed by atoms with Gasteiger partial charge in [0.05, 0.1) is 12.8 Å². The maximum Gasteiger partial charge on any atom is 0.171 e. The maximum atomic E-state index is 5.25. The molecule has 0 saturated heterocycles. The summed E-state index contributed by atoms with van der Waals surface area (Å²) in [4.78, 5) is 3.97. The smallest absolute Gasteiger partial charge is 0.171 e. The third-order valence-corrected chi connectivity index (χ3v) is 2.80. The Morgan fingerprint density at radius 1 is 1.21 bits per heavy atom. The molecule has 19 heavy (non-hydrogen) atoms. The van der Waals surface area contributed by atoms with Crippen molar-refractivity contribution in [2.45, 2.75) is 6.54 Å². The molecule has 0 aliphatic carbocycles. The van der Waals surface area contributed by atoms with E-state index in [9.17, 15) is 0 Å². The second-order valence-corrected chi connectivity index (χ2v) is 4.27. The molecule has 0 unspecified atom stereocenters.